The lowest BCUT2D eigenvalue weighted by Crippen LogP contribution is -2.43. The van der Waals surface area contributed by atoms with E-state index in [-0.39, 0.29) is 18.3 Å². The second-order valence-electron chi connectivity index (χ2n) is 6.70. The summed E-state index contributed by atoms with van der Waals surface area (Å²) in [5.74, 6) is -1.44. The first-order valence-electron chi connectivity index (χ1n) is 6.21. The van der Waals surface area contributed by atoms with Crippen molar-refractivity contribution in [2.45, 2.75) is 47.5 Å². The number of carbonyl (C=O) groups is 3. The average Bonchev–Trinajstić information content (AvgIpc) is 2.09. The van der Waals surface area contributed by atoms with Gasteiger partial charge in [0.15, 0.2) is 0 Å². The molecular weight excluding hydrogens is 248 g/mol. The molecule has 0 aliphatic rings. The molecule has 0 rings (SSSR count). The highest BCUT2D eigenvalue weighted by Gasteiger charge is 2.26. The van der Waals surface area contributed by atoms with Crippen molar-refractivity contribution in [2.24, 2.45) is 10.8 Å². The fraction of sp³-hybridized carbons (Fsp3) is 0.769. The lowest BCUT2D eigenvalue weighted by atomic mass is 9.85. The van der Waals surface area contributed by atoms with Crippen LogP contribution in [0.1, 0.15) is 47.5 Å². The molecule has 0 aromatic heterocycles. The van der Waals surface area contributed by atoms with E-state index in [2.05, 4.69) is 10.6 Å². The van der Waals surface area contributed by atoms with Crippen LogP contribution in [0.2, 0.25) is 0 Å². The maximum atomic E-state index is 11.6. The molecule has 0 saturated carbocycles. The maximum Gasteiger partial charge on any atom is 0.321 e. The van der Waals surface area contributed by atoms with Crippen molar-refractivity contribution in [3.05, 3.63) is 0 Å². The molecule has 0 atom stereocenters. The number of amides is 3. The van der Waals surface area contributed by atoms with Gasteiger partial charge in [0.05, 0.1) is 6.42 Å². The summed E-state index contributed by atoms with van der Waals surface area (Å²) in [5, 5.41) is 13.5. The zero-order valence-corrected chi connectivity index (χ0v) is 12.3. The molecule has 0 bridgehead atoms. The van der Waals surface area contributed by atoms with Gasteiger partial charge in [-0.25, -0.2) is 4.79 Å². The average molecular weight is 272 g/mol. The minimum Gasteiger partial charge on any atom is -0.481 e. The summed E-state index contributed by atoms with van der Waals surface area (Å²) in [6, 6.07) is -0.550. The second-order valence-corrected chi connectivity index (χ2v) is 6.70. The third-order valence-electron chi connectivity index (χ3n) is 2.30. The number of hydrogen-bond acceptors (Lipinski definition) is 3. The van der Waals surface area contributed by atoms with E-state index >= 15 is 0 Å². The molecule has 3 amide bonds. The number of urea groups is 1. The fourth-order valence-electron chi connectivity index (χ4n) is 1.47. The molecule has 0 aromatic rings. The summed E-state index contributed by atoms with van der Waals surface area (Å²) < 4.78 is 0. The summed E-state index contributed by atoms with van der Waals surface area (Å²) in [5.41, 5.74) is -0.747. The van der Waals surface area contributed by atoms with Crippen LogP contribution in [0.5, 0.6) is 0 Å². The van der Waals surface area contributed by atoms with Crippen molar-refractivity contribution in [3.8, 4) is 0 Å². The van der Waals surface area contributed by atoms with E-state index in [4.69, 9.17) is 5.11 Å². The van der Waals surface area contributed by atoms with Gasteiger partial charge in [-0.1, -0.05) is 34.6 Å². The van der Waals surface area contributed by atoms with E-state index in [0.29, 0.717) is 6.54 Å². The molecular formula is C13H24N2O4. The highest BCUT2D eigenvalue weighted by atomic mass is 16.4. The fourth-order valence-corrected chi connectivity index (χ4v) is 1.47. The Balaban J connectivity index is 4.17. The molecule has 0 radical (unpaired) electrons. The number of carbonyl (C=O) groups excluding carboxylic acids is 2. The first-order valence-corrected chi connectivity index (χ1v) is 6.21. The van der Waals surface area contributed by atoms with E-state index in [0.717, 1.165) is 0 Å². The smallest absolute Gasteiger partial charge is 0.321 e. The largest absolute Gasteiger partial charge is 0.481 e. The molecule has 0 heterocycles. The Morgan fingerprint density at radius 1 is 1.00 bits per heavy atom. The van der Waals surface area contributed by atoms with Crippen LogP contribution in [0, 0.1) is 10.8 Å². The van der Waals surface area contributed by atoms with Gasteiger partial charge in [-0.3, -0.25) is 14.9 Å². The molecule has 6 heteroatoms. The highest BCUT2D eigenvalue weighted by molar-refractivity contribution is 5.94. The third-order valence-corrected chi connectivity index (χ3v) is 2.30. The van der Waals surface area contributed by atoms with E-state index in [1.54, 1.807) is 13.8 Å². The number of aliphatic carboxylic acids is 1. The van der Waals surface area contributed by atoms with Crippen molar-refractivity contribution < 1.29 is 19.5 Å². The monoisotopic (exact) mass is 272 g/mol. The molecule has 110 valence electrons. The van der Waals surface area contributed by atoms with Gasteiger partial charge in [0.25, 0.3) is 0 Å². The van der Waals surface area contributed by atoms with Crippen LogP contribution in [0.3, 0.4) is 0 Å². The molecule has 3 N–H and O–H groups in total. The topological polar surface area (TPSA) is 95.5 Å². The standard InChI is InChI=1S/C13H24N2O4/c1-12(2,3)8-14-11(19)15-9(16)6-13(4,5)7-10(17)18/h6-8H2,1-5H3,(H,17,18)(H2,14,15,16,19). The summed E-state index contributed by atoms with van der Waals surface area (Å²) in [4.78, 5) is 33.7. The van der Waals surface area contributed by atoms with Gasteiger partial charge in [-0.15, -0.1) is 0 Å². The minimum atomic E-state index is -0.963. The van der Waals surface area contributed by atoms with Crippen LogP contribution < -0.4 is 10.6 Å². The Kier molecular flexibility index (Phi) is 5.99. The maximum absolute atomic E-state index is 11.6. The zero-order valence-electron chi connectivity index (χ0n) is 12.3. The molecule has 6 nitrogen and oxygen atoms in total. The summed E-state index contributed by atoms with van der Waals surface area (Å²) in [7, 11) is 0. The van der Waals surface area contributed by atoms with Crippen LogP contribution in [0.4, 0.5) is 4.79 Å². The van der Waals surface area contributed by atoms with Crippen LogP contribution in [0.15, 0.2) is 0 Å². The quantitative estimate of drug-likeness (QED) is 0.710. The lowest BCUT2D eigenvalue weighted by molar-refractivity contribution is -0.139. The zero-order chi connectivity index (χ0) is 15.3. The third kappa shape index (κ3) is 10.1. The molecule has 0 aliphatic carbocycles. The van der Waals surface area contributed by atoms with Gasteiger partial charge in [0.2, 0.25) is 5.91 Å². The summed E-state index contributed by atoms with van der Waals surface area (Å²) in [6.07, 6.45) is -0.133. The number of carboxylic acids is 1. The first-order chi connectivity index (χ1) is 8.41. The van der Waals surface area contributed by atoms with Crippen LogP contribution in [-0.4, -0.2) is 29.6 Å². The van der Waals surface area contributed by atoms with Crippen LogP contribution in [-0.2, 0) is 9.59 Å². The molecule has 0 aromatic carbocycles. The summed E-state index contributed by atoms with van der Waals surface area (Å²) >= 11 is 0. The lowest BCUT2D eigenvalue weighted by Gasteiger charge is -2.22. The Bertz CT molecular complexity index is 356. The predicted molar refractivity (Wildman–Crippen MR) is 71.6 cm³/mol. The van der Waals surface area contributed by atoms with E-state index in [1.165, 1.54) is 0 Å². The molecule has 0 aliphatic heterocycles. The highest BCUT2D eigenvalue weighted by Crippen LogP contribution is 2.24. The van der Waals surface area contributed by atoms with Gasteiger partial charge in [-0.05, 0) is 10.8 Å². The van der Waals surface area contributed by atoms with Crippen LogP contribution in [0.25, 0.3) is 0 Å². The van der Waals surface area contributed by atoms with E-state index < -0.39 is 23.3 Å². The van der Waals surface area contributed by atoms with Gasteiger partial charge >= 0.3 is 12.0 Å². The Labute approximate surface area is 113 Å². The number of carboxylic acid groups (broad SMARTS) is 1. The Hall–Kier alpha value is -1.59. The summed E-state index contributed by atoms with van der Waals surface area (Å²) in [6.45, 7) is 9.69. The van der Waals surface area contributed by atoms with E-state index in [9.17, 15) is 14.4 Å². The number of nitrogens with one attached hydrogen (secondary N) is 2. The minimum absolute atomic E-state index is 0.0117. The molecule has 19 heavy (non-hydrogen) atoms. The predicted octanol–water partition coefficient (Wildman–Crippen LogP) is 1.75. The van der Waals surface area contributed by atoms with Gasteiger partial charge in [0.1, 0.15) is 0 Å². The molecule has 0 fully saturated rings. The Morgan fingerprint density at radius 3 is 1.95 bits per heavy atom. The van der Waals surface area contributed by atoms with Crippen molar-refractivity contribution in [3.63, 3.8) is 0 Å². The normalized spacial score (nSPS) is 11.8. The van der Waals surface area contributed by atoms with Gasteiger partial charge < -0.3 is 10.4 Å². The van der Waals surface area contributed by atoms with E-state index in [1.807, 2.05) is 20.8 Å². The number of hydrogen-bond donors (Lipinski definition) is 3. The second kappa shape index (κ2) is 6.54. The Morgan fingerprint density at radius 2 is 1.53 bits per heavy atom. The first kappa shape index (κ1) is 17.4. The van der Waals surface area contributed by atoms with Crippen molar-refractivity contribution in [1.29, 1.82) is 0 Å². The number of rotatable bonds is 5. The van der Waals surface area contributed by atoms with Crippen molar-refractivity contribution in [2.75, 3.05) is 6.54 Å². The van der Waals surface area contributed by atoms with Gasteiger partial charge in [-0.2, -0.15) is 0 Å². The molecule has 0 unspecified atom stereocenters. The molecule has 0 saturated heterocycles. The molecule has 0 spiro atoms. The van der Waals surface area contributed by atoms with Gasteiger partial charge in [0, 0.05) is 13.0 Å². The van der Waals surface area contributed by atoms with Crippen molar-refractivity contribution >= 4 is 17.9 Å². The van der Waals surface area contributed by atoms with Crippen molar-refractivity contribution in [1.82, 2.24) is 10.6 Å². The number of imide groups is 1. The van der Waals surface area contributed by atoms with Crippen LogP contribution >= 0.6 is 0 Å². The SMILES string of the molecule is CC(C)(C)CNC(=O)NC(=O)CC(C)(C)CC(=O)O.